The van der Waals surface area contributed by atoms with Crippen LogP contribution in [0, 0.1) is 0 Å². The molecule has 0 aromatic carbocycles. The van der Waals surface area contributed by atoms with Crippen LogP contribution in [0.15, 0.2) is 42.5 Å². The van der Waals surface area contributed by atoms with Crippen LogP contribution in [0.1, 0.15) is 18.6 Å². The summed E-state index contributed by atoms with van der Waals surface area (Å²) in [4.78, 5) is 15.4. The van der Waals surface area contributed by atoms with Crippen molar-refractivity contribution < 1.29 is 14.3 Å². The Hall–Kier alpha value is -1.72. The normalized spacial score (nSPS) is 13.0. The lowest BCUT2D eigenvalue weighted by molar-refractivity contribution is -0.128. The zero-order chi connectivity index (χ0) is 13.7. The van der Waals surface area contributed by atoms with Gasteiger partial charge in [0.1, 0.15) is 11.0 Å². The molecule has 1 unspecified atom stereocenters. The summed E-state index contributed by atoms with van der Waals surface area (Å²) in [6, 6.07) is 2.98. The third-order valence-electron chi connectivity index (χ3n) is 2.15. The Bertz CT molecular complexity index is 503. The first-order chi connectivity index (χ1) is 8.47. The van der Waals surface area contributed by atoms with Crippen LogP contribution < -0.4 is 5.32 Å². The maximum absolute atomic E-state index is 13.1. The molecule has 0 aliphatic heterocycles. The Morgan fingerprint density at radius 1 is 1.72 bits per heavy atom. The number of aliphatic hydroxyl groups excluding tert-OH is 1. The largest absolute Gasteiger partial charge is 0.378 e. The lowest BCUT2D eigenvalue weighted by Gasteiger charge is -2.13. The molecule has 2 N–H and O–H groups in total. The van der Waals surface area contributed by atoms with Crippen molar-refractivity contribution >= 4 is 17.5 Å². The molecule has 0 fully saturated rings. The highest BCUT2D eigenvalue weighted by atomic mass is 35.5. The number of nitrogens with one attached hydrogen (secondary N) is 1. The molecule has 1 amide bonds. The number of allylic oxidation sites excluding steroid dienone is 2. The number of carbonyl (C=O) groups is 1. The second-order valence-electron chi connectivity index (χ2n) is 3.39. The first-order valence-corrected chi connectivity index (χ1v) is 5.45. The van der Waals surface area contributed by atoms with Crippen LogP contribution in [0.4, 0.5) is 4.39 Å². The smallest absolute Gasteiger partial charge is 0.258 e. The molecule has 0 saturated carbocycles. The zero-order valence-electron chi connectivity index (χ0n) is 9.65. The summed E-state index contributed by atoms with van der Waals surface area (Å²) in [5, 5.41) is 11.9. The third kappa shape index (κ3) is 3.38. The van der Waals surface area contributed by atoms with Gasteiger partial charge in [0.2, 0.25) is 0 Å². The van der Waals surface area contributed by atoms with Crippen molar-refractivity contribution in [3.05, 3.63) is 53.2 Å². The van der Waals surface area contributed by atoms with E-state index >= 15 is 0 Å². The van der Waals surface area contributed by atoms with Gasteiger partial charge in [0, 0.05) is 11.8 Å². The molecule has 0 bridgehead atoms. The Balaban J connectivity index is 2.80. The number of pyridine rings is 1. The van der Waals surface area contributed by atoms with E-state index in [0.717, 1.165) is 6.08 Å². The molecule has 1 aromatic rings. The van der Waals surface area contributed by atoms with Gasteiger partial charge in [0.25, 0.3) is 5.91 Å². The SMILES string of the molecule is C=C(NC(=O)C(O)c1cccnc1Cl)/C(F)=C\C. The van der Waals surface area contributed by atoms with Crippen molar-refractivity contribution in [2.24, 2.45) is 0 Å². The van der Waals surface area contributed by atoms with Crippen molar-refractivity contribution in [3.8, 4) is 0 Å². The van der Waals surface area contributed by atoms with Crippen LogP contribution in [0.2, 0.25) is 5.15 Å². The Morgan fingerprint density at radius 2 is 2.39 bits per heavy atom. The number of rotatable bonds is 4. The van der Waals surface area contributed by atoms with E-state index in [1.807, 2.05) is 0 Å². The second-order valence-corrected chi connectivity index (χ2v) is 3.75. The van der Waals surface area contributed by atoms with Gasteiger partial charge >= 0.3 is 0 Å². The van der Waals surface area contributed by atoms with Crippen molar-refractivity contribution in [3.63, 3.8) is 0 Å². The van der Waals surface area contributed by atoms with Crippen LogP contribution in [-0.4, -0.2) is 16.0 Å². The van der Waals surface area contributed by atoms with E-state index in [0.29, 0.717) is 0 Å². The van der Waals surface area contributed by atoms with E-state index < -0.39 is 17.8 Å². The number of aromatic nitrogens is 1. The van der Waals surface area contributed by atoms with E-state index in [2.05, 4.69) is 16.9 Å². The van der Waals surface area contributed by atoms with E-state index in [1.165, 1.54) is 25.3 Å². The van der Waals surface area contributed by atoms with Gasteiger partial charge in [-0.2, -0.15) is 0 Å². The molecule has 1 aromatic heterocycles. The van der Waals surface area contributed by atoms with Gasteiger partial charge < -0.3 is 10.4 Å². The Kier molecular flexibility index (Phi) is 5.00. The number of hydrogen-bond donors (Lipinski definition) is 2. The van der Waals surface area contributed by atoms with Crippen molar-refractivity contribution in [2.75, 3.05) is 0 Å². The van der Waals surface area contributed by atoms with E-state index in [9.17, 15) is 14.3 Å². The van der Waals surface area contributed by atoms with Crippen molar-refractivity contribution in [1.82, 2.24) is 10.3 Å². The number of carbonyl (C=O) groups excluding carboxylic acids is 1. The predicted octanol–water partition coefficient (Wildman–Crippen LogP) is 2.27. The highest BCUT2D eigenvalue weighted by Gasteiger charge is 2.21. The summed E-state index contributed by atoms with van der Waals surface area (Å²) in [6.45, 7) is 4.79. The van der Waals surface area contributed by atoms with Crippen LogP contribution in [0.3, 0.4) is 0 Å². The summed E-state index contributed by atoms with van der Waals surface area (Å²) < 4.78 is 13.1. The summed E-state index contributed by atoms with van der Waals surface area (Å²) >= 11 is 5.73. The van der Waals surface area contributed by atoms with Crippen LogP contribution in [0.5, 0.6) is 0 Å². The van der Waals surface area contributed by atoms with Gasteiger partial charge in [-0.1, -0.05) is 24.2 Å². The van der Waals surface area contributed by atoms with E-state index in [1.54, 1.807) is 0 Å². The average molecular weight is 271 g/mol. The zero-order valence-corrected chi connectivity index (χ0v) is 10.4. The highest BCUT2D eigenvalue weighted by molar-refractivity contribution is 6.30. The number of halogens is 2. The molecule has 0 aliphatic carbocycles. The van der Waals surface area contributed by atoms with Gasteiger partial charge in [-0.05, 0) is 19.1 Å². The first-order valence-electron chi connectivity index (χ1n) is 5.07. The van der Waals surface area contributed by atoms with Gasteiger partial charge in [-0.15, -0.1) is 0 Å². The lowest BCUT2D eigenvalue weighted by atomic mass is 10.1. The predicted molar refractivity (Wildman–Crippen MR) is 66.4 cm³/mol. The number of nitrogens with zero attached hydrogens (tertiary/aromatic N) is 1. The molecule has 1 heterocycles. The number of amides is 1. The minimum atomic E-state index is -1.53. The molecule has 0 saturated heterocycles. The standard InChI is InChI=1S/C12H12ClFN2O2/c1-3-9(14)7(2)16-12(18)10(17)8-5-4-6-15-11(8)13/h3-6,10,17H,2H2,1H3,(H,16,18)/b9-3+. The summed E-state index contributed by atoms with van der Waals surface area (Å²) in [5.41, 5.74) is -0.0769. The molecular formula is C12H12ClFN2O2. The van der Waals surface area contributed by atoms with Crippen LogP contribution in [0.25, 0.3) is 0 Å². The minimum Gasteiger partial charge on any atom is -0.378 e. The lowest BCUT2D eigenvalue weighted by Crippen LogP contribution is -2.28. The Morgan fingerprint density at radius 3 is 2.94 bits per heavy atom. The average Bonchev–Trinajstić information content (AvgIpc) is 2.37. The molecular weight excluding hydrogens is 259 g/mol. The monoisotopic (exact) mass is 270 g/mol. The fraction of sp³-hybridized carbons (Fsp3) is 0.167. The molecule has 1 rings (SSSR count). The quantitative estimate of drug-likeness (QED) is 0.652. The molecule has 4 nitrogen and oxygen atoms in total. The van der Waals surface area contributed by atoms with Gasteiger partial charge in [-0.3, -0.25) is 4.79 Å². The third-order valence-corrected chi connectivity index (χ3v) is 2.46. The molecule has 0 radical (unpaired) electrons. The maximum Gasteiger partial charge on any atom is 0.258 e. The minimum absolute atomic E-state index is 0.0114. The van der Waals surface area contributed by atoms with Crippen molar-refractivity contribution in [2.45, 2.75) is 13.0 Å². The molecule has 0 spiro atoms. The first kappa shape index (κ1) is 14.3. The summed E-state index contributed by atoms with van der Waals surface area (Å²) in [6.07, 6.45) is 1.04. The second kappa shape index (κ2) is 6.28. The van der Waals surface area contributed by atoms with Crippen molar-refractivity contribution in [1.29, 1.82) is 0 Å². The Labute approximate surface area is 109 Å². The fourth-order valence-corrected chi connectivity index (χ4v) is 1.42. The molecule has 0 aliphatic rings. The fourth-order valence-electron chi connectivity index (χ4n) is 1.19. The highest BCUT2D eigenvalue weighted by Crippen LogP contribution is 2.21. The molecule has 6 heteroatoms. The number of hydrogen-bond acceptors (Lipinski definition) is 3. The number of aliphatic hydroxyl groups is 1. The molecule has 96 valence electrons. The van der Waals surface area contributed by atoms with Gasteiger partial charge in [0.15, 0.2) is 6.10 Å². The summed E-state index contributed by atoms with van der Waals surface area (Å²) in [7, 11) is 0. The topological polar surface area (TPSA) is 62.2 Å². The van der Waals surface area contributed by atoms with Gasteiger partial charge in [-0.25, -0.2) is 9.37 Å². The molecule has 1 atom stereocenters. The van der Waals surface area contributed by atoms with Gasteiger partial charge in [0.05, 0.1) is 5.70 Å². The van der Waals surface area contributed by atoms with Crippen LogP contribution >= 0.6 is 11.6 Å². The van der Waals surface area contributed by atoms with E-state index in [4.69, 9.17) is 11.6 Å². The van der Waals surface area contributed by atoms with Crippen LogP contribution in [-0.2, 0) is 4.79 Å². The summed E-state index contributed by atoms with van der Waals surface area (Å²) in [5.74, 6) is -1.50. The van der Waals surface area contributed by atoms with E-state index in [-0.39, 0.29) is 16.4 Å². The molecule has 18 heavy (non-hydrogen) atoms. The maximum atomic E-state index is 13.1.